The van der Waals surface area contributed by atoms with Crippen LogP contribution in [-0.2, 0) is 14.3 Å². The molecule has 21 heavy (non-hydrogen) atoms. The van der Waals surface area contributed by atoms with Crippen molar-refractivity contribution in [3.05, 3.63) is 0 Å². The average Bonchev–Trinajstić information content (AvgIpc) is 2.36. The van der Waals surface area contributed by atoms with Crippen molar-refractivity contribution < 1.29 is 19.1 Å². The monoisotopic (exact) mass is 299 g/mol. The summed E-state index contributed by atoms with van der Waals surface area (Å²) < 4.78 is 5.21. The van der Waals surface area contributed by atoms with Crippen molar-refractivity contribution in [2.24, 2.45) is 11.7 Å². The molecule has 0 saturated carbocycles. The minimum absolute atomic E-state index is 0.251. The van der Waals surface area contributed by atoms with Gasteiger partial charge in [-0.25, -0.2) is 9.59 Å². The highest BCUT2D eigenvalue weighted by molar-refractivity contribution is 5.86. The Hall–Kier alpha value is -1.79. The third-order valence-electron chi connectivity index (χ3n) is 3.22. The predicted molar refractivity (Wildman–Crippen MR) is 77.3 cm³/mol. The SMILES string of the molecule is C[C@@H](NC(=O)C1CCCN(C(N)=O)C1)C(=O)OC(C)(C)C. The number of amides is 3. The molecule has 1 fully saturated rings. The molecule has 0 aromatic carbocycles. The molecule has 0 aromatic rings. The van der Waals surface area contributed by atoms with Crippen molar-refractivity contribution in [3.63, 3.8) is 0 Å². The molecular weight excluding hydrogens is 274 g/mol. The Bertz CT molecular complexity index is 417. The minimum atomic E-state index is -0.722. The fourth-order valence-electron chi connectivity index (χ4n) is 2.17. The van der Waals surface area contributed by atoms with Gasteiger partial charge in [0.15, 0.2) is 0 Å². The first-order chi connectivity index (χ1) is 9.60. The van der Waals surface area contributed by atoms with Gasteiger partial charge < -0.3 is 20.7 Å². The van der Waals surface area contributed by atoms with Crippen LogP contribution in [0.2, 0.25) is 0 Å². The van der Waals surface area contributed by atoms with Crippen LogP contribution in [0.3, 0.4) is 0 Å². The van der Waals surface area contributed by atoms with E-state index in [1.165, 1.54) is 4.90 Å². The van der Waals surface area contributed by atoms with Gasteiger partial charge in [0.25, 0.3) is 0 Å². The van der Waals surface area contributed by atoms with E-state index in [1.54, 1.807) is 27.7 Å². The molecule has 7 nitrogen and oxygen atoms in total. The van der Waals surface area contributed by atoms with Crippen LogP contribution in [0.1, 0.15) is 40.5 Å². The number of nitrogens with zero attached hydrogens (tertiary/aromatic N) is 1. The Labute approximate surface area is 125 Å². The average molecular weight is 299 g/mol. The lowest BCUT2D eigenvalue weighted by atomic mass is 9.97. The van der Waals surface area contributed by atoms with E-state index < -0.39 is 23.6 Å². The van der Waals surface area contributed by atoms with E-state index in [-0.39, 0.29) is 11.8 Å². The number of piperidine rings is 1. The summed E-state index contributed by atoms with van der Waals surface area (Å²) in [6.07, 6.45) is 1.40. The lowest BCUT2D eigenvalue weighted by Crippen LogP contribution is -2.50. The summed E-state index contributed by atoms with van der Waals surface area (Å²) in [5.41, 5.74) is 4.64. The Morgan fingerprint density at radius 2 is 1.95 bits per heavy atom. The summed E-state index contributed by atoms with van der Waals surface area (Å²) in [5, 5.41) is 2.64. The van der Waals surface area contributed by atoms with E-state index in [4.69, 9.17) is 10.5 Å². The number of primary amides is 1. The molecule has 1 aliphatic rings. The van der Waals surface area contributed by atoms with Gasteiger partial charge in [0.05, 0.1) is 5.92 Å². The number of hydrogen-bond donors (Lipinski definition) is 2. The maximum atomic E-state index is 12.1. The highest BCUT2D eigenvalue weighted by Gasteiger charge is 2.30. The molecule has 0 aliphatic carbocycles. The van der Waals surface area contributed by atoms with Gasteiger partial charge >= 0.3 is 12.0 Å². The smallest absolute Gasteiger partial charge is 0.328 e. The molecule has 1 heterocycles. The molecular formula is C14H25N3O4. The maximum Gasteiger partial charge on any atom is 0.328 e. The van der Waals surface area contributed by atoms with Crippen LogP contribution in [0.15, 0.2) is 0 Å². The number of nitrogens with two attached hydrogens (primary N) is 1. The number of rotatable bonds is 3. The van der Waals surface area contributed by atoms with Crippen molar-refractivity contribution in [2.45, 2.75) is 52.2 Å². The minimum Gasteiger partial charge on any atom is -0.458 e. The van der Waals surface area contributed by atoms with Crippen molar-refractivity contribution in [1.29, 1.82) is 0 Å². The van der Waals surface area contributed by atoms with E-state index in [0.29, 0.717) is 19.5 Å². The molecule has 3 amide bonds. The molecule has 0 bridgehead atoms. The first-order valence-electron chi connectivity index (χ1n) is 7.18. The van der Waals surface area contributed by atoms with Crippen molar-refractivity contribution in [2.75, 3.05) is 13.1 Å². The molecule has 0 aromatic heterocycles. The quantitative estimate of drug-likeness (QED) is 0.746. The number of carbonyl (C=O) groups is 3. The van der Waals surface area contributed by atoms with Crippen LogP contribution in [-0.4, -0.2) is 47.5 Å². The molecule has 1 rings (SSSR count). The van der Waals surface area contributed by atoms with Crippen molar-refractivity contribution in [1.82, 2.24) is 10.2 Å². The predicted octanol–water partition coefficient (Wildman–Crippen LogP) is 0.624. The van der Waals surface area contributed by atoms with Crippen LogP contribution in [0.5, 0.6) is 0 Å². The van der Waals surface area contributed by atoms with E-state index in [1.807, 2.05) is 0 Å². The van der Waals surface area contributed by atoms with E-state index in [0.717, 1.165) is 6.42 Å². The molecule has 0 radical (unpaired) electrons. The third-order valence-corrected chi connectivity index (χ3v) is 3.22. The fraction of sp³-hybridized carbons (Fsp3) is 0.786. The van der Waals surface area contributed by atoms with E-state index >= 15 is 0 Å². The van der Waals surface area contributed by atoms with Gasteiger partial charge in [0, 0.05) is 13.1 Å². The maximum absolute atomic E-state index is 12.1. The molecule has 1 saturated heterocycles. The van der Waals surface area contributed by atoms with Gasteiger partial charge in [-0.3, -0.25) is 4.79 Å². The number of ether oxygens (including phenoxy) is 1. The summed E-state index contributed by atoms with van der Waals surface area (Å²) in [6, 6.07) is -1.24. The Kier molecular flexibility index (Phi) is 5.57. The van der Waals surface area contributed by atoms with Gasteiger partial charge in [0.1, 0.15) is 11.6 Å². The summed E-state index contributed by atoms with van der Waals surface area (Å²) in [6.45, 7) is 7.76. The second-order valence-electron chi connectivity index (χ2n) is 6.39. The molecule has 2 atom stereocenters. The molecule has 1 unspecified atom stereocenters. The zero-order valence-corrected chi connectivity index (χ0v) is 13.1. The Morgan fingerprint density at radius 1 is 1.33 bits per heavy atom. The van der Waals surface area contributed by atoms with Crippen LogP contribution in [0, 0.1) is 5.92 Å². The standard InChI is InChI=1S/C14H25N3O4/c1-9(12(19)21-14(2,3)4)16-11(18)10-6-5-7-17(8-10)13(15)20/h9-10H,5-8H2,1-4H3,(H2,15,20)(H,16,18)/t9-,10?/m1/s1. The summed E-state index contributed by atoms with van der Waals surface area (Å²) in [5.74, 6) is -1.06. The zero-order valence-electron chi connectivity index (χ0n) is 13.1. The number of hydrogen-bond acceptors (Lipinski definition) is 4. The third kappa shape index (κ3) is 5.61. The lowest BCUT2D eigenvalue weighted by molar-refractivity contribution is -0.158. The summed E-state index contributed by atoms with van der Waals surface area (Å²) in [4.78, 5) is 36.6. The normalized spacial score (nSPS) is 20.6. The number of nitrogens with one attached hydrogen (secondary N) is 1. The van der Waals surface area contributed by atoms with Crippen LogP contribution in [0.25, 0.3) is 0 Å². The van der Waals surface area contributed by atoms with Crippen LogP contribution < -0.4 is 11.1 Å². The van der Waals surface area contributed by atoms with E-state index in [2.05, 4.69) is 5.32 Å². The van der Waals surface area contributed by atoms with Gasteiger partial charge in [-0.1, -0.05) is 0 Å². The number of carbonyl (C=O) groups excluding carboxylic acids is 3. The molecule has 7 heteroatoms. The van der Waals surface area contributed by atoms with Crippen molar-refractivity contribution in [3.8, 4) is 0 Å². The van der Waals surface area contributed by atoms with Crippen molar-refractivity contribution >= 4 is 17.9 Å². The van der Waals surface area contributed by atoms with Gasteiger partial charge in [0.2, 0.25) is 5.91 Å². The molecule has 0 spiro atoms. The molecule has 120 valence electrons. The molecule has 1 aliphatic heterocycles. The summed E-state index contributed by atoms with van der Waals surface area (Å²) in [7, 11) is 0. The van der Waals surface area contributed by atoms with Crippen LogP contribution >= 0.6 is 0 Å². The van der Waals surface area contributed by atoms with E-state index in [9.17, 15) is 14.4 Å². The topological polar surface area (TPSA) is 102 Å². The lowest BCUT2D eigenvalue weighted by Gasteiger charge is -2.31. The number of urea groups is 1. The van der Waals surface area contributed by atoms with Crippen LogP contribution in [0.4, 0.5) is 4.79 Å². The number of esters is 1. The Morgan fingerprint density at radius 3 is 2.48 bits per heavy atom. The second-order valence-corrected chi connectivity index (χ2v) is 6.39. The highest BCUT2D eigenvalue weighted by atomic mass is 16.6. The first-order valence-corrected chi connectivity index (χ1v) is 7.18. The fourth-order valence-corrected chi connectivity index (χ4v) is 2.17. The Balaban J connectivity index is 2.52. The second kappa shape index (κ2) is 6.78. The molecule has 3 N–H and O–H groups in total. The number of likely N-dealkylation sites (tertiary alicyclic amines) is 1. The first kappa shape index (κ1) is 17.3. The summed E-state index contributed by atoms with van der Waals surface area (Å²) >= 11 is 0. The largest absolute Gasteiger partial charge is 0.458 e. The zero-order chi connectivity index (χ0) is 16.2. The van der Waals surface area contributed by atoms with Gasteiger partial charge in [-0.15, -0.1) is 0 Å². The highest BCUT2D eigenvalue weighted by Crippen LogP contribution is 2.17. The van der Waals surface area contributed by atoms with Gasteiger partial charge in [-0.05, 0) is 40.5 Å². The van der Waals surface area contributed by atoms with Gasteiger partial charge in [-0.2, -0.15) is 0 Å².